The Morgan fingerprint density at radius 1 is 0.833 bits per heavy atom. The Bertz CT molecular complexity index is 311. The van der Waals surface area contributed by atoms with E-state index in [9.17, 15) is 25.2 Å². The van der Waals surface area contributed by atoms with Crippen molar-refractivity contribution in [2.75, 3.05) is 13.2 Å². The van der Waals surface area contributed by atoms with Gasteiger partial charge < -0.3 is 30.3 Å². The number of ether oxygens (including phenoxy) is 1. The zero-order valence-electron chi connectivity index (χ0n) is 14.6. The van der Waals surface area contributed by atoms with E-state index in [1.165, 1.54) is 32.1 Å². The summed E-state index contributed by atoms with van der Waals surface area (Å²) in [7, 11) is 0. The van der Waals surface area contributed by atoms with Crippen molar-refractivity contribution in [1.82, 2.24) is 0 Å². The van der Waals surface area contributed by atoms with Crippen molar-refractivity contribution in [3.05, 3.63) is 0 Å². The molecule has 5 N–H and O–H groups in total. The first-order valence-corrected chi connectivity index (χ1v) is 8.92. The molecule has 0 fully saturated rings. The summed E-state index contributed by atoms with van der Waals surface area (Å²) in [5, 5.41) is 46.5. The lowest BCUT2D eigenvalue weighted by atomic mass is 10.0. The lowest BCUT2D eigenvalue weighted by molar-refractivity contribution is -0.156. The van der Waals surface area contributed by atoms with Gasteiger partial charge in [-0.2, -0.15) is 0 Å². The molecule has 0 saturated carbocycles. The van der Waals surface area contributed by atoms with E-state index in [4.69, 9.17) is 9.84 Å². The standard InChI is InChI=1S/C17H34O7/c1-2-3-4-5-6-7-8-9-10-15(21)24-12-14(20)17(23)16(22)13(19)11-18/h13-14,16-20,22-23H,2-12H2,1H3/t13-,14-,16-,17-/m0/s1. The largest absolute Gasteiger partial charge is 0.463 e. The molecule has 0 spiro atoms. The minimum atomic E-state index is -1.71. The summed E-state index contributed by atoms with van der Waals surface area (Å²) >= 11 is 0. The molecule has 0 heterocycles. The number of hydrogen-bond acceptors (Lipinski definition) is 7. The number of unbranched alkanes of at least 4 members (excludes halogenated alkanes) is 7. The van der Waals surface area contributed by atoms with E-state index in [0.717, 1.165) is 19.3 Å². The van der Waals surface area contributed by atoms with Crippen molar-refractivity contribution >= 4 is 5.97 Å². The van der Waals surface area contributed by atoms with Crippen LogP contribution in [0.5, 0.6) is 0 Å². The van der Waals surface area contributed by atoms with Gasteiger partial charge in [-0.15, -0.1) is 0 Å². The molecule has 7 heteroatoms. The molecule has 0 aromatic carbocycles. The van der Waals surface area contributed by atoms with Crippen molar-refractivity contribution < 1.29 is 35.1 Å². The van der Waals surface area contributed by atoms with Crippen molar-refractivity contribution in [1.29, 1.82) is 0 Å². The molecule has 0 amide bonds. The van der Waals surface area contributed by atoms with Gasteiger partial charge in [0.25, 0.3) is 0 Å². The summed E-state index contributed by atoms with van der Waals surface area (Å²) < 4.78 is 4.84. The molecule has 144 valence electrons. The molecular formula is C17H34O7. The molecular weight excluding hydrogens is 316 g/mol. The van der Waals surface area contributed by atoms with Gasteiger partial charge >= 0.3 is 5.97 Å². The van der Waals surface area contributed by atoms with Gasteiger partial charge in [-0.05, 0) is 6.42 Å². The van der Waals surface area contributed by atoms with Gasteiger partial charge in [0.1, 0.15) is 31.0 Å². The van der Waals surface area contributed by atoms with Gasteiger partial charge in [-0.3, -0.25) is 4.79 Å². The van der Waals surface area contributed by atoms with Gasteiger partial charge in [-0.1, -0.05) is 51.9 Å². The number of rotatable bonds is 15. The van der Waals surface area contributed by atoms with Gasteiger partial charge in [0.2, 0.25) is 0 Å². The second-order valence-corrected chi connectivity index (χ2v) is 6.21. The van der Waals surface area contributed by atoms with Gasteiger partial charge in [-0.25, -0.2) is 0 Å². The van der Waals surface area contributed by atoms with Crippen LogP contribution in [0.2, 0.25) is 0 Å². The van der Waals surface area contributed by atoms with Crippen LogP contribution >= 0.6 is 0 Å². The Balaban J connectivity index is 3.70. The Labute approximate surface area is 144 Å². The van der Waals surface area contributed by atoms with E-state index in [2.05, 4.69) is 6.92 Å². The molecule has 7 nitrogen and oxygen atoms in total. The van der Waals surface area contributed by atoms with Gasteiger partial charge in [0.05, 0.1) is 6.61 Å². The van der Waals surface area contributed by atoms with Crippen LogP contribution in [-0.2, 0) is 9.53 Å². The number of carbonyl (C=O) groups excluding carboxylic acids is 1. The Morgan fingerprint density at radius 2 is 1.33 bits per heavy atom. The molecule has 0 aliphatic rings. The highest BCUT2D eigenvalue weighted by Gasteiger charge is 2.30. The maximum atomic E-state index is 11.5. The fraction of sp³-hybridized carbons (Fsp3) is 0.941. The molecule has 0 aliphatic carbocycles. The van der Waals surface area contributed by atoms with Crippen molar-refractivity contribution in [3.8, 4) is 0 Å². The molecule has 4 atom stereocenters. The number of hydrogen-bond donors (Lipinski definition) is 5. The van der Waals surface area contributed by atoms with Gasteiger partial charge in [0, 0.05) is 6.42 Å². The lowest BCUT2D eigenvalue weighted by Gasteiger charge is -2.25. The molecule has 0 aromatic rings. The number of esters is 1. The topological polar surface area (TPSA) is 127 Å². The summed E-state index contributed by atoms with van der Waals surface area (Å²) in [6.07, 6.45) is 2.65. The first-order valence-electron chi connectivity index (χ1n) is 8.92. The third-order valence-electron chi connectivity index (χ3n) is 3.97. The highest BCUT2D eigenvalue weighted by atomic mass is 16.5. The van der Waals surface area contributed by atoms with Crippen LogP contribution in [0, 0.1) is 0 Å². The zero-order chi connectivity index (χ0) is 18.4. The van der Waals surface area contributed by atoms with Crippen molar-refractivity contribution in [3.63, 3.8) is 0 Å². The zero-order valence-corrected chi connectivity index (χ0v) is 14.6. The third-order valence-corrected chi connectivity index (χ3v) is 3.97. The van der Waals surface area contributed by atoms with E-state index in [1.54, 1.807) is 0 Å². The Hall–Kier alpha value is -0.730. The van der Waals surface area contributed by atoms with E-state index in [-0.39, 0.29) is 6.42 Å². The van der Waals surface area contributed by atoms with Crippen molar-refractivity contribution in [2.24, 2.45) is 0 Å². The SMILES string of the molecule is CCCCCCCCCCC(=O)OC[C@H](O)[C@H](O)[C@@H](O)[C@@H](O)CO. The number of aliphatic hydroxyl groups is 5. The summed E-state index contributed by atoms with van der Waals surface area (Å²) in [5.74, 6) is -0.468. The molecule has 0 rings (SSSR count). The average Bonchev–Trinajstić information content (AvgIpc) is 2.59. The second-order valence-electron chi connectivity index (χ2n) is 6.21. The molecule has 0 unspecified atom stereocenters. The van der Waals surface area contributed by atoms with E-state index in [1.807, 2.05) is 0 Å². The highest BCUT2D eigenvalue weighted by molar-refractivity contribution is 5.69. The van der Waals surface area contributed by atoms with Crippen LogP contribution in [-0.4, -0.2) is 69.1 Å². The first-order chi connectivity index (χ1) is 11.4. The smallest absolute Gasteiger partial charge is 0.305 e. The van der Waals surface area contributed by atoms with Crippen LogP contribution < -0.4 is 0 Å². The predicted molar refractivity (Wildman–Crippen MR) is 89.3 cm³/mol. The van der Waals surface area contributed by atoms with E-state index in [0.29, 0.717) is 0 Å². The number of carbonyl (C=O) groups is 1. The number of aliphatic hydroxyl groups excluding tert-OH is 5. The maximum Gasteiger partial charge on any atom is 0.305 e. The summed E-state index contributed by atoms with van der Waals surface area (Å²) in [4.78, 5) is 11.5. The summed E-state index contributed by atoms with van der Waals surface area (Å²) in [6.45, 7) is 0.965. The average molecular weight is 350 g/mol. The molecule has 0 saturated heterocycles. The van der Waals surface area contributed by atoms with Crippen LogP contribution in [0.25, 0.3) is 0 Å². The quantitative estimate of drug-likeness (QED) is 0.215. The molecule has 0 aliphatic heterocycles. The predicted octanol–water partition coefficient (Wildman–Crippen LogP) is 0.496. The fourth-order valence-corrected chi connectivity index (χ4v) is 2.32. The second kappa shape index (κ2) is 14.6. The minimum absolute atomic E-state index is 0.250. The minimum Gasteiger partial charge on any atom is -0.463 e. The fourth-order valence-electron chi connectivity index (χ4n) is 2.32. The van der Waals surface area contributed by atoms with Gasteiger partial charge in [0.15, 0.2) is 0 Å². The van der Waals surface area contributed by atoms with Crippen LogP contribution in [0.1, 0.15) is 64.7 Å². The van der Waals surface area contributed by atoms with E-state index >= 15 is 0 Å². The summed E-state index contributed by atoms with van der Waals surface area (Å²) in [6, 6.07) is 0. The summed E-state index contributed by atoms with van der Waals surface area (Å²) in [5.41, 5.74) is 0. The van der Waals surface area contributed by atoms with Crippen LogP contribution in [0.4, 0.5) is 0 Å². The van der Waals surface area contributed by atoms with Crippen molar-refractivity contribution in [2.45, 2.75) is 89.1 Å². The Morgan fingerprint density at radius 3 is 1.88 bits per heavy atom. The molecule has 0 aromatic heterocycles. The monoisotopic (exact) mass is 350 g/mol. The third kappa shape index (κ3) is 10.9. The lowest BCUT2D eigenvalue weighted by Crippen LogP contribution is -2.47. The molecule has 0 bridgehead atoms. The highest BCUT2D eigenvalue weighted by Crippen LogP contribution is 2.10. The van der Waals surface area contributed by atoms with Crippen LogP contribution in [0.15, 0.2) is 0 Å². The van der Waals surface area contributed by atoms with E-state index < -0.39 is 43.6 Å². The molecule has 0 radical (unpaired) electrons. The molecule has 24 heavy (non-hydrogen) atoms. The maximum absolute atomic E-state index is 11.5. The normalized spacial score (nSPS) is 16.4. The Kier molecular flexibility index (Phi) is 14.2. The van der Waals surface area contributed by atoms with Crippen LogP contribution in [0.3, 0.4) is 0 Å². The first kappa shape index (κ1) is 23.3.